The van der Waals surface area contributed by atoms with Crippen molar-refractivity contribution in [3.8, 4) is 33.4 Å². The minimum absolute atomic E-state index is 0.923. The lowest BCUT2D eigenvalue weighted by atomic mass is 9.97. The first-order chi connectivity index (χ1) is 29.2. The van der Waals surface area contributed by atoms with Crippen molar-refractivity contribution >= 4 is 92.1 Å². The van der Waals surface area contributed by atoms with Gasteiger partial charge < -0.3 is 9.32 Å². The molecule has 2 nitrogen and oxygen atoms in total. The van der Waals surface area contributed by atoms with Crippen molar-refractivity contribution in [2.24, 2.45) is 0 Å². The number of benzene rings is 10. The van der Waals surface area contributed by atoms with E-state index in [1.807, 2.05) is 17.4 Å². The van der Waals surface area contributed by atoms with Gasteiger partial charge in [-0.1, -0.05) is 146 Å². The maximum Gasteiger partial charge on any atom is 0.144 e. The molecule has 0 aliphatic carbocycles. The number of nitrogens with zero attached hydrogens (tertiary/aromatic N) is 1. The van der Waals surface area contributed by atoms with Crippen LogP contribution in [0, 0.1) is 0 Å². The zero-order valence-electron chi connectivity index (χ0n) is 32.0. The molecule has 0 aliphatic rings. The summed E-state index contributed by atoms with van der Waals surface area (Å²) in [6, 6.07) is 76.9. The molecule has 0 atom stereocenters. The summed E-state index contributed by atoms with van der Waals surface area (Å²) in [7, 11) is 0. The normalized spacial score (nSPS) is 11.7. The molecule has 0 spiro atoms. The van der Waals surface area contributed by atoms with Crippen LogP contribution >= 0.6 is 11.3 Å². The van der Waals surface area contributed by atoms with Gasteiger partial charge in [0.1, 0.15) is 11.2 Å². The molecule has 12 rings (SSSR count). The van der Waals surface area contributed by atoms with Crippen LogP contribution in [0.2, 0.25) is 0 Å². The molecular formula is C56H35NOS. The van der Waals surface area contributed by atoms with Crippen LogP contribution in [0.15, 0.2) is 217 Å². The van der Waals surface area contributed by atoms with Gasteiger partial charge in [-0.15, -0.1) is 11.3 Å². The van der Waals surface area contributed by atoms with Crippen molar-refractivity contribution in [3.05, 3.63) is 212 Å². The van der Waals surface area contributed by atoms with E-state index >= 15 is 0 Å². The molecule has 276 valence electrons. The van der Waals surface area contributed by atoms with Crippen LogP contribution in [0.1, 0.15) is 0 Å². The Bertz CT molecular complexity index is 3530. The summed E-state index contributed by atoms with van der Waals surface area (Å²) in [5.74, 6) is 0. The van der Waals surface area contributed by atoms with Crippen molar-refractivity contribution in [1.29, 1.82) is 0 Å². The van der Waals surface area contributed by atoms with Gasteiger partial charge in [0.2, 0.25) is 0 Å². The molecule has 0 saturated heterocycles. The van der Waals surface area contributed by atoms with Crippen LogP contribution in [-0.2, 0) is 0 Å². The quantitative estimate of drug-likeness (QED) is 0.157. The van der Waals surface area contributed by atoms with Crippen LogP contribution in [0.4, 0.5) is 17.1 Å². The van der Waals surface area contributed by atoms with Gasteiger partial charge in [0.25, 0.3) is 0 Å². The third-order valence-corrected chi connectivity index (χ3v) is 13.0. The third kappa shape index (κ3) is 5.62. The lowest BCUT2D eigenvalue weighted by Gasteiger charge is -2.26. The summed E-state index contributed by atoms with van der Waals surface area (Å²) in [5, 5.41) is 9.82. The van der Waals surface area contributed by atoms with E-state index in [-0.39, 0.29) is 0 Å². The minimum atomic E-state index is 0.923. The number of anilines is 3. The molecule has 59 heavy (non-hydrogen) atoms. The van der Waals surface area contributed by atoms with E-state index in [4.69, 9.17) is 4.42 Å². The Balaban J connectivity index is 0.958. The van der Waals surface area contributed by atoms with Crippen LogP contribution in [0.3, 0.4) is 0 Å². The first-order valence-corrected chi connectivity index (χ1v) is 20.9. The van der Waals surface area contributed by atoms with Crippen LogP contribution in [0.25, 0.3) is 97.0 Å². The molecule has 0 unspecified atom stereocenters. The monoisotopic (exact) mass is 769 g/mol. The lowest BCUT2D eigenvalue weighted by molar-refractivity contribution is 0.673. The second-order valence-electron chi connectivity index (χ2n) is 15.3. The van der Waals surface area contributed by atoms with Crippen molar-refractivity contribution in [3.63, 3.8) is 0 Å². The van der Waals surface area contributed by atoms with Gasteiger partial charge in [0.05, 0.1) is 0 Å². The highest BCUT2D eigenvalue weighted by Gasteiger charge is 2.19. The molecule has 2 aromatic heterocycles. The maximum atomic E-state index is 6.58. The fraction of sp³-hybridized carbons (Fsp3) is 0. The zero-order chi connectivity index (χ0) is 38.9. The Morgan fingerprint density at radius 1 is 0.339 bits per heavy atom. The highest BCUT2D eigenvalue weighted by Crippen LogP contribution is 2.46. The minimum Gasteiger partial charge on any atom is -0.455 e. The van der Waals surface area contributed by atoms with Crippen molar-refractivity contribution in [2.45, 2.75) is 0 Å². The number of rotatable bonds is 6. The molecule has 0 saturated carbocycles. The van der Waals surface area contributed by atoms with Gasteiger partial charge >= 0.3 is 0 Å². The van der Waals surface area contributed by atoms with Gasteiger partial charge in [-0.3, -0.25) is 0 Å². The molecular weight excluding hydrogens is 735 g/mol. The van der Waals surface area contributed by atoms with Gasteiger partial charge in [0, 0.05) is 48.0 Å². The van der Waals surface area contributed by atoms with E-state index in [2.05, 4.69) is 211 Å². The standard InChI is InChI=1S/C56H35NOS/c1-2-9-36(10-3-1)37-21-27-43(28-22-37)57(44-29-23-38(24-30-44)42-20-19-41-18-17-39-11-4-5-12-46(39)50(41)35-42)45-31-25-40(26-32-45)47-14-8-16-52-54(47)55-53(59-52)34-33-49-48-13-6-7-15-51(48)58-56(49)55/h1-35H. The van der Waals surface area contributed by atoms with E-state index in [1.54, 1.807) is 0 Å². The number of hydrogen-bond donors (Lipinski definition) is 0. The Morgan fingerprint density at radius 3 is 1.64 bits per heavy atom. The fourth-order valence-electron chi connectivity index (χ4n) is 8.98. The summed E-state index contributed by atoms with van der Waals surface area (Å²) in [6.07, 6.45) is 0. The predicted octanol–water partition coefficient (Wildman–Crippen LogP) is 16.7. The highest BCUT2D eigenvalue weighted by molar-refractivity contribution is 7.26. The average molecular weight is 770 g/mol. The number of fused-ring (bicyclic) bond motifs is 10. The van der Waals surface area contributed by atoms with E-state index in [0.29, 0.717) is 0 Å². The maximum absolute atomic E-state index is 6.58. The highest BCUT2D eigenvalue weighted by atomic mass is 32.1. The number of furan rings is 1. The largest absolute Gasteiger partial charge is 0.455 e. The first kappa shape index (κ1) is 33.7. The average Bonchev–Trinajstić information content (AvgIpc) is 3.89. The van der Waals surface area contributed by atoms with Gasteiger partial charge in [-0.2, -0.15) is 0 Å². The lowest BCUT2D eigenvalue weighted by Crippen LogP contribution is -2.09. The second-order valence-corrected chi connectivity index (χ2v) is 16.3. The SMILES string of the molecule is c1ccc(-c2ccc(N(c3ccc(-c4ccc5ccc6ccccc6c5c4)cc3)c3ccc(-c4cccc5sc6ccc7c8ccccc8oc7c6c45)cc3)cc2)cc1. The second kappa shape index (κ2) is 13.6. The predicted molar refractivity (Wildman–Crippen MR) is 253 cm³/mol. The number of para-hydroxylation sites is 1. The van der Waals surface area contributed by atoms with Crippen molar-refractivity contribution in [2.75, 3.05) is 4.90 Å². The van der Waals surface area contributed by atoms with Crippen molar-refractivity contribution in [1.82, 2.24) is 0 Å². The molecule has 0 aliphatic heterocycles. The molecule has 10 aromatic carbocycles. The van der Waals surface area contributed by atoms with Crippen LogP contribution in [0.5, 0.6) is 0 Å². The summed E-state index contributed by atoms with van der Waals surface area (Å²) >= 11 is 1.83. The summed E-state index contributed by atoms with van der Waals surface area (Å²) in [6.45, 7) is 0. The van der Waals surface area contributed by atoms with Crippen LogP contribution < -0.4 is 4.90 Å². The number of hydrogen-bond acceptors (Lipinski definition) is 3. The van der Waals surface area contributed by atoms with E-state index in [9.17, 15) is 0 Å². The Hall–Kier alpha value is -7.46. The van der Waals surface area contributed by atoms with Crippen LogP contribution in [-0.4, -0.2) is 0 Å². The summed E-state index contributed by atoms with van der Waals surface area (Å²) < 4.78 is 9.08. The van der Waals surface area contributed by atoms with Gasteiger partial charge in [0.15, 0.2) is 0 Å². The van der Waals surface area contributed by atoms with E-state index in [1.165, 1.54) is 75.1 Å². The molecule has 3 heteroatoms. The van der Waals surface area contributed by atoms with E-state index in [0.717, 1.165) is 39.0 Å². The molecule has 0 N–H and O–H groups in total. The molecule has 0 amide bonds. The van der Waals surface area contributed by atoms with E-state index < -0.39 is 0 Å². The van der Waals surface area contributed by atoms with Gasteiger partial charge in [-0.25, -0.2) is 0 Å². The topological polar surface area (TPSA) is 16.4 Å². The number of thiophene rings is 1. The Kier molecular flexibility index (Phi) is 7.75. The third-order valence-electron chi connectivity index (χ3n) is 11.9. The molecule has 0 radical (unpaired) electrons. The van der Waals surface area contributed by atoms with Gasteiger partial charge in [-0.05, 0) is 122 Å². The Morgan fingerprint density at radius 2 is 0.898 bits per heavy atom. The fourth-order valence-corrected chi connectivity index (χ4v) is 10.1. The summed E-state index contributed by atoms with van der Waals surface area (Å²) in [5.41, 5.74) is 12.3. The molecule has 12 aromatic rings. The molecule has 0 bridgehead atoms. The smallest absolute Gasteiger partial charge is 0.144 e. The molecule has 2 heterocycles. The zero-order valence-corrected chi connectivity index (χ0v) is 32.8. The summed E-state index contributed by atoms with van der Waals surface area (Å²) in [4.78, 5) is 2.36. The first-order valence-electron chi connectivity index (χ1n) is 20.1. The van der Waals surface area contributed by atoms with Crippen molar-refractivity contribution < 1.29 is 4.42 Å². The Labute approximate surface area is 345 Å². The molecule has 0 fully saturated rings.